The lowest BCUT2D eigenvalue weighted by Gasteiger charge is -2.09. The van der Waals surface area contributed by atoms with Crippen LogP contribution >= 0.6 is 0 Å². The van der Waals surface area contributed by atoms with E-state index in [1.807, 2.05) is 6.92 Å². The zero-order chi connectivity index (χ0) is 13.8. The fourth-order valence-corrected chi connectivity index (χ4v) is 1.57. The minimum absolute atomic E-state index is 0.128. The smallest absolute Gasteiger partial charge is 0.224 e. The summed E-state index contributed by atoms with van der Waals surface area (Å²) < 4.78 is 19.3. The minimum Gasteiger partial charge on any atom is -0.436 e. The van der Waals surface area contributed by atoms with Crippen molar-refractivity contribution < 1.29 is 9.13 Å². The second kappa shape index (κ2) is 5.62. The van der Waals surface area contributed by atoms with Gasteiger partial charge in [0.15, 0.2) is 11.6 Å². The van der Waals surface area contributed by atoms with Gasteiger partial charge < -0.3 is 10.2 Å². The molecule has 100 valence electrons. The Morgan fingerprint density at radius 2 is 2.16 bits per heavy atom. The maximum atomic E-state index is 13.8. The molecule has 0 aliphatic heterocycles. The number of nitrogens with two attached hydrogens (primary N) is 1. The molecular formula is C13H15FN4O. The molecule has 0 spiro atoms. The number of aryl methyl sites for hydroxylation is 2. The number of nitrogens with one attached hydrogen (secondary N) is 1. The Bertz CT molecular complexity index is 567. The van der Waals surface area contributed by atoms with Crippen LogP contribution in [-0.4, -0.2) is 9.97 Å². The highest BCUT2D eigenvalue weighted by atomic mass is 19.1. The SMILES string of the molecule is CCc1nc(NN)cc(Oc2cccc(C)c2F)n1. The molecule has 0 aliphatic rings. The number of aromatic nitrogens is 2. The number of hydrogen-bond acceptors (Lipinski definition) is 5. The maximum absolute atomic E-state index is 13.8. The summed E-state index contributed by atoms with van der Waals surface area (Å²) in [5, 5.41) is 0. The van der Waals surface area contributed by atoms with Gasteiger partial charge in [0.05, 0.1) is 0 Å². The first-order valence-corrected chi connectivity index (χ1v) is 5.91. The normalized spacial score (nSPS) is 10.3. The van der Waals surface area contributed by atoms with Crippen LogP contribution in [0.1, 0.15) is 18.3 Å². The van der Waals surface area contributed by atoms with Gasteiger partial charge in [0.25, 0.3) is 0 Å². The van der Waals surface area contributed by atoms with Gasteiger partial charge in [-0.05, 0) is 18.6 Å². The van der Waals surface area contributed by atoms with Crippen LogP contribution in [0.15, 0.2) is 24.3 Å². The van der Waals surface area contributed by atoms with Gasteiger partial charge in [-0.15, -0.1) is 0 Å². The van der Waals surface area contributed by atoms with E-state index in [2.05, 4.69) is 15.4 Å². The molecule has 0 fully saturated rings. The number of nitrogen functional groups attached to an aromatic ring is 1. The topological polar surface area (TPSA) is 73.1 Å². The molecule has 5 nitrogen and oxygen atoms in total. The zero-order valence-electron chi connectivity index (χ0n) is 10.8. The van der Waals surface area contributed by atoms with Crippen molar-refractivity contribution in [3.8, 4) is 11.6 Å². The summed E-state index contributed by atoms with van der Waals surface area (Å²) in [6, 6.07) is 6.46. The van der Waals surface area contributed by atoms with Gasteiger partial charge in [0.2, 0.25) is 5.88 Å². The Morgan fingerprint density at radius 1 is 1.37 bits per heavy atom. The Morgan fingerprint density at radius 3 is 2.84 bits per heavy atom. The number of rotatable bonds is 4. The molecule has 6 heteroatoms. The summed E-state index contributed by atoms with van der Waals surface area (Å²) in [4.78, 5) is 8.30. The lowest BCUT2D eigenvalue weighted by atomic mass is 10.2. The van der Waals surface area contributed by atoms with Crippen LogP contribution in [-0.2, 0) is 6.42 Å². The summed E-state index contributed by atoms with van der Waals surface area (Å²) in [5.74, 6) is 6.29. The van der Waals surface area contributed by atoms with Gasteiger partial charge in [-0.2, -0.15) is 4.98 Å². The summed E-state index contributed by atoms with van der Waals surface area (Å²) in [7, 11) is 0. The number of nitrogens with zero attached hydrogens (tertiary/aromatic N) is 2. The van der Waals surface area contributed by atoms with Crippen LogP contribution in [0.25, 0.3) is 0 Å². The summed E-state index contributed by atoms with van der Waals surface area (Å²) in [5.41, 5.74) is 2.94. The standard InChI is InChI=1S/C13H15FN4O/c1-3-10-16-11(18-15)7-12(17-10)19-9-6-4-5-8(2)13(9)14/h4-7H,3,15H2,1-2H3,(H,16,17,18). The van der Waals surface area contributed by atoms with Crippen LogP contribution in [0.3, 0.4) is 0 Å². The second-order valence-corrected chi connectivity index (χ2v) is 3.99. The third-order valence-electron chi connectivity index (χ3n) is 2.58. The largest absolute Gasteiger partial charge is 0.436 e. The molecule has 19 heavy (non-hydrogen) atoms. The fraction of sp³-hybridized carbons (Fsp3) is 0.231. The van der Waals surface area contributed by atoms with Crippen molar-refractivity contribution in [3.63, 3.8) is 0 Å². The van der Waals surface area contributed by atoms with Crippen LogP contribution in [0.2, 0.25) is 0 Å². The van der Waals surface area contributed by atoms with Crippen molar-refractivity contribution in [2.24, 2.45) is 5.84 Å². The molecule has 2 aromatic rings. The molecule has 0 bridgehead atoms. The van der Waals surface area contributed by atoms with Crippen molar-refractivity contribution >= 4 is 5.82 Å². The Kier molecular flexibility index (Phi) is 3.91. The molecule has 0 saturated carbocycles. The second-order valence-electron chi connectivity index (χ2n) is 3.99. The van der Waals surface area contributed by atoms with Gasteiger partial charge in [-0.25, -0.2) is 15.2 Å². The minimum atomic E-state index is -0.401. The molecule has 0 aliphatic carbocycles. The van der Waals surface area contributed by atoms with E-state index in [0.717, 1.165) is 0 Å². The molecule has 3 N–H and O–H groups in total. The van der Waals surface area contributed by atoms with Gasteiger partial charge in [0.1, 0.15) is 11.6 Å². The number of ether oxygens (including phenoxy) is 1. The van der Waals surface area contributed by atoms with Crippen molar-refractivity contribution in [2.45, 2.75) is 20.3 Å². The third-order valence-corrected chi connectivity index (χ3v) is 2.58. The van der Waals surface area contributed by atoms with Crippen molar-refractivity contribution in [1.29, 1.82) is 0 Å². The molecule has 0 amide bonds. The number of anilines is 1. The summed E-state index contributed by atoms with van der Waals surface area (Å²) in [6.07, 6.45) is 0.627. The van der Waals surface area contributed by atoms with Gasteiger partial charge in [0, 0.05) is 12.5 Å². The highest BCUT2D eigenvalue weighted by Crippen LogP contribution is 2.26. The lowest BCUT2D eigenvalue weighted by molar-refractivity contribution is 0.423. The predicted octanol–water partition coefficient (Wildman–Crippen LogP) is 2.56. The molecule has 0 saturated heterocycles. The quantitative estimate of drug-likeness (QED) is 0.654. The zero-order valence-corrected chi connectivity index (χ0v) is 10.8. The molecule has 1 aromatic heterocycles. The van der Waals surface area contributed by atoms with E-state index in [9.17, 15) is 4.39 Å². The van der Waals surface area contributed by atoms with Crippen molar-refractivity contribution in [1.82, 2.24) is 9.97 Å². The average molecular weight is 262 g/mol. The van der Waals surface area contributed by atoms with E-state index in [1.165, 1.54) is 6.07 Å². The van der Waals surface area contributed by atoms with Crippen LogP contribution in [0, 0.1) is 12.7 Å². The average Bonchev–Trinajstić information content (AvgIpc) is 2.43. The first-order chi connectivity index (χ1) is 9.13. The molecule has 2 rings (SSSR count). The van der Waals surface area contributed by atoms with E-state index >= 15 is 0 Å². The highest BCUT2D eigenvalue weighted by molar-refractivity contribution is 5.40. The third kappa shape index (κ3) is 2.97. The molecule has 0 unspecified atom stereocenters. The monoisotopic (exact) mass is 262 g/mol. The van der Waals surface area contributed by atoms with E-state index in [1.54, 1.807) is 25.1 Å². The molecule has 1 heterocycles. The fourth-order valence-electron chi connectivity index (χ4n) is 1.57. The van der Waals surface area contributed by atoms with E-state index in [0.29, 0.717) is 23.6 Å². The van der Waals surface area contributed by atoms with Crippen molar-refractivity contribution in [2.75, 3.05) is 5.43 Å². The molecular weight excluding hydrogens is 247 g/mol. The van der Waals surface area contributed by atoms with Crippen LogP contribution in [0.4, 0.5) is 10.2 Å². The number of benzene rings is 1. The van der Waals surface area contributed by atoms with Crippen LogP contribution in [0.5, 0.6) is 11.6 Å². The van der Waals surface area contributed by atoms with E-state index < -0.39 is 5.82 Å². The Balaban J connectivity index is 2.34. The summed E-state index contributed by atoms with van der Waals surface area (Å²) in [6.45, 7) is 3.58. The Hall–Kier alpha value is -2.21. The highest BCUT2D eigenvalue weighted by Gasteiger charge is 2.10. The predicted molar refractivity (Wildman–Crippen MR) is 70.4 cm³/mol. The first kappa shape index (κ1) is 13.2. The Labute approximate surface area is 110 Å². The maximum Gasteiger partial charge on any atom is 0.224 e. The molecule has 1 aromatic carbocycles. The lowest BCUT2D eigenvalue weighted by Crippen LogP contribution is -2.10. The summed E-state index contributed by atoms with van der Waals surface area (Å²) >= 11 is 0. The van der Waals surface area contributed by atoms with Crippen LogP contribution < -0.4 is 16.0 Å². The number of hydrazine groups is 1. The van der Waals surface area contributed by atoms with Gasteiger partial charge in [-0.1, -0.05) is 19.1 Å². The number of hydrogen-bond donors (Lipinski definition) is 2. The molecule has 0 atom stereocenters. The van der Waals surface area contributed by atoms with E-state index in [4.69, 9.17) is 10.6 Å². The number of halogens is 1. The molecule has 0 radical (unpaired) electrons. The van der Waals surface area contributed by atoms with E-state index in [-0.39, 0.29) is 11.6 Å². The van der Waals surface area contributed by atoms with Crippen molar-refractivity contribution in [3.05, 3.63) is 41.5 Å². The first-order valence-electron chi connectivity index (χ1n) is 5.91. The van der Waals surface area contributed by atoms with Gasteiger partial charge in [-0.3, -0.25) is 0 Å². The van der Waals surface area contributed by atoms with Gasteiger partial charge >= 0.3 is 0 Å².